The third kappa shape index (κ3) is 2.98. The van der Waals surface area contributed by atoms with Gasteiger partial charge >= 0.3 is 0 Å². The van der Waals surface area contributed by atoms with Crippen molar-refractivity contribution >= 4 is 0 Å². The molecular weight excluding hydrogens is 198 g/mol. The summed E-state index contributed by atoms with van der Waals surface area (Å²) in [7, 11) is 2.34. The van der Waals surface area contributed by atoms with Gasteiger partial charge in [0, 0.05) is 25.3 Å². The van der Waals surface area contributed by atoms with Crippen LogP contribution in [0.4, 0.5) is 0 Å². The number of hydrogen-bond donors (Lipinski definition) is 0. The van der Waals surface area contributed by atoms with Crippen LogP contribution in [0.2, 0.25) is 0 Å². The third-order valence-corrected chi connectivity index (χ3v) is 4.60. The van der Waals surface area contributed by atoms with Gasteiger partial charge in [-0.15, -0.1) is 0 Å². The maximum Gasteiger partial charge on any atom is 0.0494 e. The standard InChI is InChI=1S/C14H27NO/c1-3-16-11-12-7-9-14(10-8-12)15(2)13-5-4-6-13/h12-14H,3-11H2,1-2H3. The van der Waals surface area contributed by atoms with E-state index in [0.29, 0.717) is 0 Å². The summed E-state index contributed by atoms with van der Waals surface area (Å²) in [6, 6.07) is 1.77. The highest BCUT2D eigenvalue weighted by Crippen LogP contribution is 2.32. The first-order valence-electron chi connectivity index (χ1n) is 7.11. The highest BCUT2D eigenvalue weighted by molar-refractivity contribution is 4.85. The maximum atomic E-state index is 5.53. The van der Waals surface area contributed by atoms with Crippen LogP contribution in [0, 0.1) is 5.92 Å². The van der Waals surface area contributed by atoms with Crippen LogP contribution in [-0.4, -0.2) is 37.2 Å². The molecule has 0 aromatic rings. The Kier molecular flexibility index (Phi) is 4.66. The Morgan fingerprint density at radius 1 is 1.00 bits per heavy atom. The zero-order chi connectivity index (χ0) is 11.4. The zero-order valence-corrected chi connectivity index (χ0v) is 11.0. The van der Waals surface area contributed by atoms with Gasteiger partial charge in [-0.2, -0.15) is 0 Å². The minimum atomic E-state index is 0.839. The lowest BCUT2D eigenvalue weighted by molar-refractivity contribution is 0.0491. The lowest BCUT2D eigenvalue weighted by Crippen LogP contribution is -2.45. The van der Waals surface area contributed by atoms with Crippen LogP contribution in [0.3, 0.4) is 0 Å². The molecule has 2 rings (SSSR count). The number of ether oxygens (including phenoxy) is 1. The first kappa shape index (κ1) is 12.4. The van der Waals surface area contributed by atoms with E-state index < -0.39 is 0 Å². The fraction of sp³-hybridized carbons (Fsp3) is 1.00. The lowest BCUT2D eigenvalue weighted by atomic mass is 9.83. The molecular formula is C14H27NO. The molecule has 0 aromatic heterocycles. The summed E-state index contributed by atoms with van der Waals surface area (Å²) in [5, 5.41) is 0. The minimum Gasteiger partial charge on any atom is -0.381 e. The summed E-state index contributed by atoms with van der Waals surface area (Å²) in [5.41, 5.74) is 0. The van der Waals surface area contributed by atoms with Crippen LogP contribution in [0.25, 0.3) is 0 Å². The van der Waals surface area contributed by atoms with Crippen molar-refractivity contribution in [2.75, 3.05) is 20.3 Å². The van der Waals surface area contributed by atoms with Gasteiger partial charge in [0.15, 0.2) is 0 Å². The molecule has 0 N–H and O–H groups in total. The first-order valence-corrected chi connectivity index (χ1v) is 7.11. The quantitative estimate of drug-likeness (QED) is 0.713. The highest BCUT2D eigenvalue weighted by Gasteiger charge is 2.30. The topological polar surface area (TPSA) is 12.5 Å². The molecule has 2 fully saturated rings. The van der Waals surface area contributed by atoms with E-state index in [9.17, 15) is 0 Å². The Bertz CT molecular complexity index is 195. The van der Waals surface area contributed by atoms with E-state index >= 15 is 0 Å². The molecule has 0 spiro atoms. The van der Waals surface area contributed by atoms with E-state index in [2.05, 4.69) is 18.9 Å². The summed E-state index contributed by atoms with van der Waals surface area (Å²) < 4.78 is 5.53. The molecule has 0 atom stereocenters. The monoisotopic (exact) mass is 225 g/mol. The smallest absolute Gasteiger partial charge is 0.0494 e. The molecule has 2 aliphatic rings. The van der Waals surface area contributed by atoms with Crippen LogP contribution in [0.1, 0.15) is 51.9 Å². The molecule has 94 valence electrons. The fourth-order valence-corrected chi connectivity index (χ4v) is 3.10. The minimum absolute atomic E-state index is 0.839. The van der Waals surface area contributed by atoms with Gasteiger partial charge in [0.2, 0.25) is 0 Å². The van der Waals surface area contributed by atoms with Crippen LogP contribution >= 0.6 is 0 Å². The van der Waals surface area contributed by atoms with Gasteiger partial charge in [-0.25, -0.2) is 0 Å². The molecule has 2 saturated carbocycles. The predicted molar refractivity (Wildman–Crippen MR) is 67.6 cm³/mol. The van der Waals surface area contributed by atoms with Gasteiger partial charge < -0.3 is 9.64 Å². The summed E-state index contributed by atoms with van der Waals surface area (Å²) >= 11 is 0. The fourth-order valence-electron chi connectivity index (χ4n) is 3.10. The van der Waals surface area contributed by atoms with Crippen LogP contribution in [0.5, 0.6) is 0 Å². The Morgan fingerprint density at radius 3 is 2.12 bits per heavy atom. The van der Waals surface area contributed by atoms with Crippen molar-refractivity contribution in [3.8, 4) is 0 Å². The van der Waals surface area contributed by atoms with E-state index in [1.807, 2.05) is 0 Å². The SMILES string of the molecule is CCOCC1CCC(N(C)C2CCC2)CC1. The lowest BCUT2D eigenvalue weighted by Gasteiger charge is -2.42. The van der Waals surface area contributed by atoms with Crippen molar-refractivity contribution in [3.63, 3.8) is 0 Å². The molecule has 0 aromatic carbocycles. The van der Waals surface area contributed by atoms with Crippen molar-refractivity contribution in [2.24, 2.45) is 5.92 Å². The summed E-state index contributed by atoms with van der Waals surface area (Å²) in [4.78, 5) is 2.67. The van der Waals surface area contributed by atoms with Crippen LogP contribution in [-0.2, 0) is 4.74 Å². The Balaban J connectivity index is 1.67. The average molecular weight is 225 g/mol. The van der Waals surface area contributed by atoms with Gasteiger partial charge in [-0.05, 0) is 58.4 Å². The molecule has 2 heteroatoms. The van der Waals surface area contributed by atoms with Gasteiger partial charge in [0.05, 0.1) is 0 Å². The van der Waals surface area contributed by atoms with Gasteiger partial charge in [-0.1, -0.05) is 6.42 Å². The predicted octanol–water partition coefficient (Wildman–Crippen LogP) is 3.07. The second kappa shape index (κ2) is 6.02. The molecule has 0 saturated heterocycles. The number of nitrogens with zero attached hydrogens (tertiary/aromatic N) is 1. The summed E-state index contributed by atoms with van der Waals surface area (Å²) in [6.07, 6.45) is 9.87. The number of rotatable bonds is 5. The number of hydrogen-bond acceptors (Lipinski definition) is 2. The molecule has 0 bridgehead atoms. The van der Waals surface area contributed by atoms with E-state index in [1.54, 1.807) is 0 Å². The van der Waals surface area contributed by atoms with Gasteiger partial charge in [0.25, 0.3) is 0 Å². The Hall–Kier alpha value is -0.0800. The normalized spacial score (nSPS) is 31.7. The molecule has 0 radical (unpaired) electrons. The Labute approximate surface area is 100 Å². The summed E-state index contributed by atoms with van der Waals surface area (Å²) in [5.74, 6) is 0.839. The van der Waals surface area contributed by atoms with Crippen molar-refractivity contribution in [3.05, 3.63) is 0 Å². The molecule has 2 aliphatic carbocycles. The molecule has 0 heterocycles. The third-order valence-electron chi connectivity index (χ3n) is 4.60. The second-order valence-electron chi connectivity index (χ2n) is 5.58. The molecule has 2 nitrogen and oxygen atoms in total. The van der Waals surface area contributed by atoms with Crippen molar-refractivity contribution in [1.82, 2.24) is 4.90 Å². The van der Waals surface area contributed by atoms with E-state index in [1.165, 1.54) is 44.9 Å². The largest absolute Gasteiger partial charge is 0.381 e. The van der Waals surface area contributed by atoms with Gasteiger partial charge in [-0.3, -0.25) is 0 Å². The van der Waals surface area contributed by atoms with Gasteiger partial charge in [0.1, 0.15) is 0 Å². The van der Waals surface area contributed by atoms with E-state index in [0.717, 1.165) is 31.2 Å². The highest BCUT2D eigenvalue weighted by atomic mass is 16.5. The zero-order valence-electron chi connectivity index (χ0n) is 11.0. The van der Waals surface area contributed by atoms with Crippen molar-refractivity contribution < 1.29 is 4.74 Å². The summed E-state index contributed by atoms with van der Waals surface area (Å²) in [6.45, 7) is 3.97. The molecule has 0 aliphatic heterocycles. The molecule has 0 unspecified atom stereocenters. The Morgan fingerprint density at radius 2 is 1.62 bits per heavy atom. The second-order valence-corrected chi connectivity index (χ2v) is 5.58. The van der Waals surface area contributed by atoms with E-state index in [4.69, 9.17) is 4.74 Å². The molecule has 0 amide bonds. The maximum absolute atomic E-state index is 5.53. The van der Waals surface area contributed by atoms with Crippen molar-refractivity contribution in [2.45, 2.75) is 64.0 Å². The molecule has 16 heavy (non-hydrogen) atoms. The van der Waals surface area contributed by atoms with Crippen LogP contribution < -0.4 is 0 Å². The first-order chi connectivity index (χ1) is 7.81. The van der Waals surface area contributed by atoms with Crippen LogP contribution in [0.15, 0.2) is 0 Å². The van der Waals surface area contributed by atoms with E-state index in [-0.39, 0.29) is 0 Å². The average Bonchev–Trinajstić information content (AvgIpc) is 2.24. The van der Waals surface area contributed by atoms with Crippen molar-refractivity contribution in [1.29, 1.82) is 0 Å².